The second-order valence-corrected chi connectivity index (χ2v) is 5.78. The van der Waals surface area contributed by atoms with Crippen LogP contribution in [0.4, 0.5) is 0 Å². The van der Waals surface area contributed by atoms with Gasteiger partial charge in [-0.1, -0.05) is 0 Å². The van der Waals surface area contributed by atoms with Gasteiger partial charge in [0.25, 0.3) is 10.2 Å². The van der Waals surface area contributed by atoms with E-state index in [-0.39, 0.29) is 6.54 Å². The van der Waals surface area contributed by atoms with Crippen molar-refractivity contribution in [3.05, 3.63) is 18.0 Å². The lowest BCUT2D eigenvalue weighted by Gasteiger charge is -2.20. The third kappa shape index (κ3) is 4.91. The zero-order valence-corrected chi connectivity index (χ0v) is 9.85. The first-order valence-electron chi connectivity index (χ1n) is 4.55. The molecule has 7 heteroatoms. The van der Waals surface area contributed by atoms with Crippen LogP contribution in [0.15, 0.2) is 12.4 Å². The van der Waals surface area contributed by atoms with Crippen LogP contribution < -0.4 is 9.44 Å². The number of rotatable bonds is 4. The number of aromatic nitrogens is 2. The first kappa shape index (κ1) is 12.2. The van der Waals surface area contributed by atoms with E-state index < -0.39 is 15.7 Å². The molecule has 0 aliphatic rings. The van der Waals surface area contributed by atoms with Gasteiger partial charge in [0.05, 0.1) is 6.20 Å². The molecule has 0 saturated carbocycles. The van der Waals surface area contributed by atoms with E-state index in [1.807, 2.05) is 0 Å². The molecule has 0 aliphatic heterocycles. The maximum atomic E-state index is 11.5. The van der Waals surface area contributed by atoms with Crippen LogP contribution in [-0.4, -0.2) is 24.2 Å². The lowest BCUT2D eigenvalue weighted by molar-refractivity contribution is 0.483. The average molecular weight is 232 g/mol. The van der Waals surface area contributed by atoms with E-state index in [0.29, 0.717) is 0 Å². The summed E-state index contributed by atoms with van der Waals surface area (Å²) in [6.07, 6.45) is 3.21. The van der Waals surface area contributed by atoms with Gasteiger partial charge in [-0.25, -0.2) is 0 Å². The molecule has 1 aromatic rings. The normalized spacial score (nSPS) is 13.0. The van der Waals surface area contributed by atoms with Crippen LogP contribution in [-0.2, 0) is 16.8 Å². The van der Waals surface area contributed by atoms with Crippen molar-refractivity contribution in [1.29, 1.82) is 0 Å². The third-order valence-corrected chi connectivity index (χ3v) is 2.87. The molecule has 0 atom stereocenters. The van der Waals surface area contributed by atoms with E-state index in [1.54, 1.807) is 33.2 Å². The average Bonchev–Trinajstić information content (AvgIpc) is 2.47. The van der Waals surface area contributed by atoms with Crippen LogP contribution in [0.3, 0.4) is 0 Å². The van der Waals surface area contributed by atoms with Crippen molar-refractivity contribution >= 4 is 10.2 Å². The van der Waals surface area contributed by atoms with Gasteiger partial charge in [0.2, 0.25) is 0 Å². The lowest BCUT2D eigenvalue weighted by atomic mass is 10.1. The number of nitrogens with one attached hydrogen (secondary N) is 3. The van der Waals surface area contributed by atoms with Crippen LogP contribution in [0.2, 0.25) is 0 Å². The Kier molecular flexibility index (Phi) is 3.48. The van der Waals surface area contributed by atoms with E-state index in [9.17, 15) is 8.42 Å². The SMILES string of the molecule is CC(C)(C)NS(=O)(=O)NCc1cn[nH]c1. The Hall–Kier alpha value is -0.920. The molecule has 86 valence electrons. The smallest absolute Gasteiger partial charge is 0.277 e. The van der Waals surface area contributed by atoms with Gasteiger partial charge in [-0.15, -0.1) is 0 Å². The summed E-state index contributed by atoms with van der Waals surface area (Å²) in [5.41, 5.74) is 0.302. The summed E-state index contributed by atoms with van der Waals surface area (Å²) in [7, 11) is -3.46. The summed E-state index contributed by atoms with van der Waals surface area (Å²) in [4.78, 5) is 0. The zero-order chi connectivity index (χ0) is 11.5. The topological polar surface area (TPSA) is 86.9 Å². The van der Waals surface area contributed by atoms with Crippen LogP contribution >= 0.6 is 0 Å². The van der Waals surface area contributed by atoms with Gasteiger partial charge in [0, 0.05) is 23.8 Å². The van der Waals surface area contributed by atoms with Gasteiger partial charge in [-0.05, 0) is 20.8 Å². The Morgan fingerprint density at radius 3 is 2.60 bits per heavy atom. The van der Waals surface area contributed by atoms with Gasteiger partial charge in [-0.2, -0.15) is 23.0 Å². The third-order valence-electron chi connectivity index (χ3n) is 1.46. The van der Waals surface area contributed by atoms with Crippen LogP contribution in [0.5, 0.6) is 0 Å². The molecule has 6 nitrogen and oxygen atoms in total. The minimum absolute atomic E-state index is 0.224. The molecule has 0 bridgehead atoms. The summed E-state index contributed by atoms with van der Waals surface area (Å²) in [6, 6.07) is 0. The summed E-state index contributed by atoms with van der Waals surface area (Å²) < 4.78 is 27.9. The minimum atomic E-state index is -3.46. The molecule has 1 aromatic heterocycles. The van der Waals surface area contributed by atoms with Gasteiger partial charge < -0.3 is 0 Å². The zero-order valence-electron chi connectivity index (χ0n) is 9.03. The van der Waals surface area contributed by atoms with E-state index >= 15 is 0 Å². The Morgan fingerprint density at radius 1 is 1.47 bits per heavy atom. The molecule has 0 amide bonds. The maximum absolute atomic E-state index is 11.5. The fourth-order valence-electron chi connectivity index (χ4n) is 0.992. The van der Waals surface area contributed by atoms with E-state index in [0.717, 1.165) is 5.56 Å². The number of nitrogens with zero attached hydrogens (tertiary/aromatic N) is 1. The van der Waals surface area contributed by atoms with Gasteiger partial charge in [-0.3, -0.25) is 5.10 Å². The minimum Gasteiger partial charge on any atom is -0.285 e. The van der Waals surface area contributed by atoms with E-state index in [2.05, 4.69) is 19.6 Å². The number of H-pyrrole nitrogens is 1. The van der Waals surface area contributed by atoms with Gasteiger partial charge in [0.15, 0.2) is 0 Å². The molecule has 1 rings (SSSR count). The first-order chi connectivity index (χ1) is 6.79. The van der Waals surface area contributed by atoms with Gasteiger partial charge >= 0.3 is 0 Å². The fraction of sp³-hybridized carbons (Fsp3) is 0.625. The van der Waals surface area contributed by atoms with Crippen LogP contribution in [0.1, 0.15) is 26.3 Å². The maximum Gasteiger partial charge on any atom is 0.277 e. The number of hydrogen-bond donors (Lipinski definition) is 3. The monoisotopic (exact) mass is 232 g/mol. The van der Waals surface area contributed by atoms with Crippen molar-refractivity contribution in [2.24, 2.45) is 0 Å². The number of aromatic amines is 1. The predicted molar refractivity (Wildman–Crippen MR) is 57.2 cm³/mol. The highest BCUT2D eigenvalue weighted by molar-refractivity contribution is 7.87. The second kappa shape index (κ2) is 4.30. The lowest BCUT2D eigenvalue weighted by Crippen LogP contribution is -2.46. The molecular weight excluding hydrogens is 216 g/mol. The highest BCUT2D eigenvalue weighted by Crippen LogP contribution is 2.01. The van der Waals surface area contributed by atoms with Gasteiger partial charge in [0.1, 0.15) is 0 Å². The van der Waals surface area contributed by atoms with Crippen molar-refractivity contribution in [1.82, 2.24) is 19.6 Å². The van der Waals surface area contributed by atoms with Crippen LogP contribution in [0, 0.1) is 0 Å². The molecule has 0 aliphatic carbocycles. The molecule has 3 N–H and O–H groups in total. The summed E-state index contributed by atoms with van der Waals surface area (Å²) in [5.74, 6) is 0. The predicted octanol–water partition coefficient (Wildman–Crippen LogP) is 0.132. The first-order valence-corrected chi connectivity index (χ1v) is 6.03. The Labute approximate surface area is 89.6 Å². The highest BCUT2D eigenvalue weighted by atomic mass is 32.2. The van der Waals surface area contributed by atoms with Crippen molar-refractivity contribution in [2.45, 2.75) is 32.9 Å². The molecule has 15 heavy (non-hydrogen) atoms. The molecule has 0 saturated heterocycles. The summed E-state index contributed by atoms with van der Waals surface area (Å²) >= 11 is 0. The van der Waals surface area contributed by atoms with Crippen LogP contribution in [0.25, 0.3) is 0 Å². The molecule has 0 unspecified atom stereocenters. The Balaban J connectivity index is 2.51. The molecule has 0 spiro atoms. The van der Waals surface area contributed by atoms with Crippen molar-refractivity contribution < 1.29 is 8.42 Å². The molecule has 0 aromatic carbocycles. The van der Waals surface area contributed by atoms with E-state index in [4.69, 9.17) is 0 Å². The van der Waals surface area contributed by atoms with Crippen molar-refractivity contribution in [3.63, 3.8) is 0 Å². The molecular formula is C8H16N4O2S. The fourth-order valence-corrected chi connectivity index (χ4v) is 2.23. The van der Waals surface area contributed by atoms with Crippen molar-refractivity contribution in [3.8, 4) is 0 Å². The summed E-state index contributed by atoms with van der Waals surface area (Å²) in [6.45, 7) is 5.57. The number of hydrogen-bond acceptors (Lipinski definition) is 3. The van der Waals surface area contributed by atoms with Crippen molar-refractivity contribution in [2.75, 3.05) is 0 Å². The highest BCUT2D eigenvalue weighted by Gasteiger charge is 2.19. The standard InChI is InChI=1S/C8H16N4O2S/c1-8(2,3)12-15(13,14)11-6-7-4-9-10-5-7/h4-5,11-12H,6H2,1-3H3,(H,9,10). The Morgan fingerprint density at radius 2 is 2.13 bits per heavy atom. The van der Waals surface area contributed by atoms with E-state index in [1.165, 1.54) is 0 Å². The molecule has 0 fully saturated rings. The quantitative estimate of drug-likeness (QED) is 0.689. The Bertz CT molecular complexity index is 391. The largest absolute Gasteiger partial charge is 0.285 e. The summed E-state index contributed by atoms with van der Waals surface area (Å²) in [5, 5.41) is 6.33. The molecule has 0 radical (unpaired) electrons. The molecule has 1 heterocycles. The second-order valence-electron chi connectivity index (χ2n) is 4.28.